The van der Waals surface area contributed by atoms with E-state index in [2.05, 4.69) is 18.5 Å². The number of carbonyl (C=O) groups excluding carboxylic acids is 1. The van der Waals surface area contributed by atoms with Gasteiger partial charge in [-0.05, 0) is 13.3 Å². The van der Waals surface area contributed by atoms with Crippen molar-refractivity contribution in [2.75, 3.05) is 13.2 Å². The summed E-state index contributed by atoms with van der Waals surface area (Å²) in [7, 11) is 0. The zero-order valence-corrected chi connectivity index (χ0v) is 9.79. The molecular formula is C12H21NO2. The van der Waals surface area contributed by atoms with Gasteiger partial charge in [0.05, 0.1) is 0 Å². The van der Waals surface area contributed by atoms with E-state index in [1.165, 1.54) is 19.3 Å². The summed E-state index contributed by atoms with van der Waals surface area (Å²) in [5, 5.41) is 0. The van der Waals surface area contributed by atoms with Crippen molar-refractivity contribution in [3.05, 3.63) is 12.2 Å². The van der Waals surface area contributed by atoms with Gasteiger partial charge in [0.25, 0.3) is 0 Å². The van der Waals surface area contributed by atoms with Crippen LogP contribution in [0.1, 0.15) is 39.5 Å². The molecule has 0 spiro atoms. The van der Waals surface area contributed by atoms with Crippen LogP contribution in [-0.4, -0.2) is 25.3 Å². The van der Waals surface area contributed by atoms with E-state index in [-0.39, 0.29) is 12.6 Å². The van der Waals surface area contributed by atoms with Crippen molar-refractivity contribution in [3.63, 3.8) is 0 Å². The zero-order valence-electron chi connectivity index (χ0n) is 9.79. The molecule has 0 bridgehead atoms. The molecule has 0 aliphatic heterocycles. The fraction of sp³-hybridized carbons (Fsp3) is 0.667. The molecule has 0 aromatic carbocycles. The van der Waals surface area contributed by atoms with Gasteiger partial charge in [0, 0.05) is 18.3 Å². The molecule has 0 saturated heterocycles. The monoisotopic (exact) mass is 211 g/mol. The minimum atomic E-state index is -0.354. The molecule has 0 radical (unpaired) electrons. The third-order valence-corrected chi connectivity index (χ3v) is 1.91. The number of hydrogen-bond donors (Lipinski definition) is 0. The first kappa shape index (κ1) is 13.9. The summed E-state index contributed by atoms with van der Waals surface area (Å²) >= 11 is 0. The number of unbranched alkanes of at least 4 members (excludes halogenated alkanes) is 3. The second-order valence-electron chi connectivity index (χ2n) is 3.53. The molecule has 0 saturated carbocycles. The molecule has 0 atom stereocenters. The van der Waals surface area contributed by atoms with E-state index in [0.717, 1.165) is 13.0 Å². The number of aliphatic imine (C=N–C) groups is 1. The maximum Gasteiger partial charge on any atom is 0.333 e. The predicted octanol–water partition coefficient (Wildman–Crippen LogP) is 2.76. The summed E-state index contributed by atoms with van der Waals surface area (Å²) in [6.45, 7) is 8.37. The second-order valence-corrected chi connectivity index (χ2v) is 3.53. The lowest BCUT2D eigenvalue weighted by Crippen LogP contribution is -2.06. The molecular weight excluding hydrogens is 190 g/mol. The van der Waals surface area contributed by atoms with E-state index in [0.29, 0.717) is 5.57 Å². The fourth-order valence-corrected chi connectivity index (χ4v) is 1.01. The van der Waals surface area contributed by atoms with Gasteiger partial charge in [-0.1, -0.05) is 32.8 Å². The second kappa shape index (κ2) is 9.44. The minimum absolute atomic E-state index is 0.249. The number of nitrogens with zero attached hydrogens (tertiary/aromatic N) is 1. The van der Waals surface area contributed by atoms with E-state index in [4.69, 9.17) is 4.74 Å². The molecule has 86 valence electrons. The number of carbonyl (C=O) groups is 1. The van der Waals surface area contributed by atoms with Gasteiger partial charge < -0.3 is 4.74 Å². The Morgan fingerprint density at radius 3 is 2.73 bits per heavy atom. The largest absolute Gasteiger partial charge is 0.457 e. The molecule has 3 heteroatoms. The fourth-order valence-electron chi connectivity index (χ4n) is 1.01. The van der Waals surface area contributed by atoms with E-state index >= 15 is 0 Å². The van der Waals surface area contributed by atoms with Crippen molar-refractivity contribution in [1.29, 1.82) is 0 Å². The van der Waals surface area contributed by atoms with Crippen LogP contribution in [0.2, 0.25) is 0 Å². The van der Waals surface area contributed by atoms with Crippen LogP contribution in [0.3, 0.4) is 0 Å². The molecule has 0 N–H and O–H groups in total. The number of ether oxygens (including phenoxy) is 1. The van der Waals surface area contributed by atoms with Gasteiger partial charge in [0.15, 0.2) is 0 Å². The highest BCUT2D eigenvalue weighted by molar-refractivity contribution is 5.87. The Morgan fingerprint density at radius 1 is 1.40 bits per heavy atom. The van der Waals surface area contributed by atoms with Crippen molar-refractivity contribution in [3.8, 4) is 0 Å². The molecule has 0 fully saturated rings. The van der Waals surface area contributed by atoms with E-state index < -0.39 is 0 Å². The molecule has 0 amide bonds. The summed E-state index contributed by atoms with van der Waals surface area (Å²) in [4.78, 5) is 15.1. The van der Waals surface area contributed by atoms with Crippen molar-refractivity contribution in [2.45, 2.75) is 39.5 Å². The van der Waals surface area contributed by atoms with Gasteiger partial charge in [0.2, 0.25) is 0 Å². The average Bonchev–Trinajstić information content (AvgIpc) is 2.21. The predicted molar refractivity (Wildman–Crippen MR) is 63.3 cm³/mol. The number of esters is 1. The summed E-state index contributed by atoms with van der Waals surface area (Å²) in [6, 6.07) is 0. The summed E-state index contributed by atoms with van der Waals surface area (Å²) in [6.07, 6.45) is 6.48. The highest BCUT2D eigenvalue weighted by Gasteiger charge is 1.99. The summed E-state index contributed by atoms with van der Waals surface area (Å²) < 4.78 is 4.84. The zero-order chi connectivity index (χ0) is 11.5. The Balaban J connectivity index is 3.31. The first-order chi connectivity index (χ1) is 7.18. The van der Waals surface area contributed by atoms with Crippen molar-refractivity contribution in [2.24, 2.45) is 4.99 Å². The highest BCUT2D eigenvalue weighted by Crippen LogP contribution is 1.98. The quantitative estimate of drug-likeness (QED) is 0.268. The van der Waals surface area contributed by atoms with Crippen LogP contribution in [0.15, 0.2) is 17.1 Å². The minimum Gasteiger partial charge on any atom is -0.457 e. The third kappa shape index (κ3) is 9.19. The standard InChI is InChI=1S/C12H21NO2/c1-4-5-6-7-8-13-9-10-15-12(14)11(2)3/h9H,2,4-8,10H2,1,3H3. The molecule has 0 rings (SSSR count). The Hall–Kier alpha value is -1.12. The van der Waals surface area contributed by atoms with Crippen molar-refractivity contribution >= 4 is 12.2 Å². The topological polar surface area (TPSA) is 38.7 Å². The normalized spacial score (nSPS) is 10.5. The van der Waals surface area contributed by atoms with Crippen LogP contribution in [0.25, 0.3) is 0 Å². The highest BCUT2D eigenvalue weighted by atomic mass is 16.5. The molecule has 0 aromatic rings. The Kier molecular flexibility index (Phi) is 8.73. The van der Waals surface area contributed by atoms with Gasteiger partial charge in [-0.25, -0.2) is 4.79 Å². The van der Waals surface area contributed by atoms with E-state index in [9.17, 15) is 4.79 Å². The number of hydrogen-bond acceptors (Lipinski definition) is 3. The molecule has 0 aliphatic carbocycles. The van der Waals surface area contributed by atoms with Gasteiger partial charge in [-0.15, -0.1) is 0 Å². The Bertz CT molecular complexity index is 222. The Labute approximate surface area is 92.2 Å². The molecule has 0 aliphatic rings. The van der Waals surface area contributed by atoms with Crippen LogP contribution in [0, 0.1) is 0 Å². The Morgan fingerprint density at radius 2 is 2.13 bits per heavy atom. The van der Waals surface area contributed by atoms with Gasteiger partial charge in [-0.2, -0.15) is 0 Å². The van der Waals surface area contributed by atoms with Gasteiger partial charge >= 0.3 is 5.97 Å². The first-order valence-electron chi connectivity index (χ1n) is 5.49. The molecule has 0 aromatic heterocycles. The SMILES string of the molecule is C=C(C)C(=O)OCC=NCCCCCC. The average molecular weight is 211 g/mol. The van der Waals surface area contributed by atoms with Crippen LogP contribution in [-0.2, 0) is 9.53 Å². The molecule has 0 heterocycles. The maximum absolute atomic E-state index is 10.9. The maximum atomic E-state index is 10.9. The molecule has 15 heavy (non-hydrogen) atoms. The molecule has 3 nitrogen and oxygen atoms in total. The lowest BCUT2D eigenvalue weighted by Gasteiger charge is -1.99. The van der Waals surface area contributed by atoms with Crippen LogP contribution < -0.4 is 0 Å². The van der Waals surface area contributed by atoms with E-state index in [1.807, 2.05) is 0 Å². The smallest absolute Gasteiger partial charge is 0.333 e. The summed E-state index contributed by atoms with van der Waals surface area (Å²) in [5.74, 6) is -0.354. The van der Waals surface area contributed by atoms with E-state index in [1.54, 1.807) is 13.1 Å². The lowest BCUT2D eigenvalue weighted by molar-refractivity contribution is -0.137. The summed E-state index contributed by atoms with van der Waals surface area (Å²) in [5.41, 5.74) is 0.423. The van der Waals surface area contributed by atoms with Crippen LogP contribution in [0.4, 0.5) is 0 Å². The number of rotatable bonds is 8. The third-order valence-electron chi connectivity index (χ3n) is 1.91. The van der Waals surface area contributed by atoms with Crippen molar-refractivity contribution < 1.29 is 9.53 Å². The molecule has 0 unspecified atom stereocenters. The van der Waals surface area contributed by atoms with Gasteiger partial charge in [-0.3, -0.25) is 4.99 Å². The van der Waals surface area contributed by atoms with Crippen molar-refractivity contribution in [1.82, 2.24) is 0 Å². The first-order valence-corrected chi connectivity index (χ1v) is 5.49. The van der Waals surface area contributed by atoms with Crippen LogP contribution >= 0.6 is 0 Å². The van der Waals surface area contributed by atoms with Gasteiger partial charge in [0.1, 0.15) is 6.61 Å². The lowest BCUT2D eigenvalue weighted by atomic mass is 10.2. The van der Waals surface area contributed by atoms with Crippen LogP contribution in [0.5, 0.6) is 0 Å².